The molecule has 0 radical (unpaired) electrons. The number of nitriles is 1. The molecule has 0 unspecified atom stereocenters. The highest BCUT2D eigenvalue weighted by Gasteiger charge is 2.35. The average Bonchev–Trinajstić information content (AvgIpc) is 2.80. The van der Waals surface area contributed by atoms with Crippen molar-refractivity contribution in [2.45, 2.75) is 55.0 Å². The van der Waals surface area contributed by atoms with Gasteiger partial charge in [0.1, 0.15) is 5.54 Å². The summed E-state index contributed by atoms with van der Waals surface area (Å²) >= 11 is 7.37. The molecule has 0 aliphatic heterocycles. The number of aromatic nitrogens is 2. The summed E-state index contributed by atoms with van der Waals surface area (Å²) in [6.45, 7) is 1.76. The summed E-state index contributed by atoms with van der Waals surface area (Å²) in [5.74, 6) is -0.237. The lowest BCUT2D eigenvalue weighted by Gasteiger charge is -2.32. The fourth-order valence-corrected chi connectivity index (χ4v) is 5.11. The highest BCUT2D eigenvalue weighted by Crippen LogP contribution is 2.30. The van der Waals surface area contributed by atoms with Crippen LogP contribution in [0.25, 0.3) is 16.6 Å². The van der Waals surface area contributed by atoms with Gasteiger partial charge in [-0.05, 0) is 50.1 Å². The molecule has 1 amide bonds. The topological polar surface area (TPSA) is 87.8 Å². The van der Waals surface area contributed by atoms with Gasteiger partial charge in [-0.15, -0.1) is 0 Å². The highest BCUT2D eigenvalue weighted by atomic mass is 35.5. The number of para-hydroxylation sites is 1. The molecule has 6 nitrogen and oxygen atoms in total. The van der Waals surface area contributed by atoms with E-state index in [0.717, 1.165) is 19.3 Å². The number of hydrogen-bond acceptors (Lipinski definition) is 5. The van der Waals surface area contributed by atoms with Crippen molar-refractivity contribution in [1.82, 2.24) is 14.9 Å². The minimum absolute atomic E-state index is 0.228. The summed E-state index contributed by atoms with van der Waals surface area (Å²) in [5, 5.41) is 13.5. The molecule has 1 aliphatic rings. The zero-order valence-corrected chi connectivity index (χ0v) is 19.2. The third kappa shape index (κ3) is 4.52. The van der Waals surface area contributed by atoms with Crippen molar-refractivity contribution >= 4 is 40.2 Å². The molecular weight excluding hydrogens is 444 g/mol. The largest absolute Gasteiger partial charge is 0.337 e. The van der Waals surface area contributed by atoms with Gasteiger partial charge in [0.25, 0.3) is 5.56 Å². The van der Waals surface area contributed by atoms with Crippen LogP contribution in [-0.4, -0.2) is 26.2 Å². The fourth-order valence-electron chi connectivity index (χ4n) is 4.00. The van der Waals surface area contributed by atoms with Crippen LogP contribution < -0.4 is 10.9 Å². The number of hydrogen-bond donors (Lipinski definition) is 1. The van der Waals surface area contributed by atoms with Crippen molar-refractivity contribution in [3.8, 4) is 11.8 Å². The Bertz CT molecular complexity index is 1260. The summed E-state index contributed by atoms with van der Waals surface area (Å²) in [5.41, 5.74) is 0.102. The molecule has 0 spiro atoms. The van der Waals surface area contributed by atoms with Gasteiger partial charge in [-0.3, -0.25) is 14.2 Å². The Balaban J connectivity index is 1.70. The molecule has 1 heterocycles. The lowest BCUT2D eigenvalue weighted by Crippen LogP contribution is -2.51. The lowest BCUT2D eigenvalue weighted by molar-refractivity contribution is -0.121. The van der Waals surface area contributed by atoms with E-state index in [9.17, 15) is 14.9 Å². The Morgan fingerprint density at radius 3 is 2.69 bits per heavy atom. The van der Waals surface area contributed by atoms with Crippen molar-refractivity contribution in [2.24, 2.45) is 0 Å². The minimum atomic E-state index is -0.812. The third-order valence-corrected chi connectivity index (χ3v) is 7.03. The average molecular weight is 467 g/mol. The van der Waals surface area contributed by atoms with Crippen LogP contribution in [0.3, 0.4) is 0 Å². The number of carbonyl (C=O) groups is 1. The Labute approximate surface area is 195 Å². The van der Waals surface area contributed by atoms with Gasteiger partial charge in [-0.25, -0.2) is 4.98 Å². The second-order valence-electron chi connectivity index (χ2n) is 8.04. The van der Waals surface area contributed by atoms with E-state index in [1.807, 2.05) is 6.07 Å². The van der Waals surface area contributed by atoms with Gasteiger partial charge >= 0.3 is 0 Å². The standard InChI is InChI=1S/C24H23ClN4O2S/c1-16(21(30)28-24(15-26)12-5-2-6-13-24)32-23-27-20-11-4-3-10-19(20)22(31)29(23)18-9-7-8-17(25)14-18/h3-4,7-11,14,16H,2,5-6,12-13H2,1H3,(H,28,30)/t16-/m0/s1. The van der Waals surface area contributed by atoms with Crippen LogP contribution in [0.2, 0.25) is 5.02 Å². The minimum Gasteiger partial charge on any atom is -0.337 e. The van der Waals surface area contributed by atoms with E-state index in [1.54, 1.807) is 49.4 Å². The normalized spacial score (nSPS) is 16.3. The van der Waals surface area contributed by atoms with E-state index in [0.29, 0.717) is 39.6 Å². The van der Waals surface area contributed by atoms with Crippen LogP contribution in [0.5, 0.6) is 0 Å². The quantitative estimate of drug-likeness (QED) is 0.428. The molecule has 1 fully saturated rings. The Morgan fingerprint density at radius 2 is 1.97 bits per heavy atom. The van der Waals surface area contributed by atoms with Gasteiger partial charge in [0, 0.05) is 5.02 Å². The number of nitrogens with zero attached hydrogens (tertiary/aromatic N) is 3. The Morgan fingerprint density at radius 1 is 1.22 bits per heavy atom. The van der Waals surface area contributed by atoms with Crippen LogP contribution in [0.1, 0.15) is 39.0 Å². The first kappa shape index (κ1) is 22.4. The molecule has 0 bridgehead atoms. The van der Waals surface area contributed by atoms with Crippen LogP contribution in [-0.2, 0) is 4.79 Å². The predicted octanol–water partition coefficient (Wildman–Crippen LogP) is 4.86. The number of rotatable bonds is 5. The molecule has 1 atom stereocenters. The van der Waals surface area contributed by atoms with Crippen molar-refractivity contribution in [3.05, 3.63) is 63.9 Å². The first-order valence-electron chi connectivity index (χ1n) is 10.6. The molecule has 1 aromatic heterocycles. The van der Waals surface area contributed by atoms with Crippen LogP contribution in [0.15, 0.2) is 58.5 Å². The molecule has 2 aromatic carbocycles. The molecule has 3 aromatic rings. The van der Waals surface area contributed by atoms with Crippen molar-refractivity contribution in [2.75, 3.05) is 0 Å². The van der Waals surface area contributed by atoms with E-state index in [4.69, 9.17) is 11.6 Å². The van der Waals surface area contributed by atoms with Gasteiger partial charge in [0.05, 0.1) is 27.9 Å². The van der Waals surface area contributed by atoms with E-state index >= 15 is 0 Å². The molecule has 0 saturated heterocycles. The van der Waals surface area contributed by atoms with E-state index in [-0.39, 0.29) is 11.5 Å². The van der Waals surface area contributed by atoms with Gasteiger partial charge in [0.2, 0.25) is 5.91 Å². The Hall–Kier alpha value is -2.82. The van der Waals surface area contributed by atoms with Crippen LogP contribution in [0.4, 0.5) is 0 Å². The molecule has 32 heavy (non-hydrogen) atoms. The maximum Gasteiger partial charge on any atom is 0.266 e. The van der Waals surface area contributed by atoms with E-state index in [2.05, 4.69) is 16.4 Å². The number of benzene rings is 2. The van der Waals surface area contributed by atoms with Crippen molar-refractivity contribution in [3.63, 3.8) is 0 Å². The predicted molar refractivity (Wildman–Crippen MR) is 127 cm³/mol. The molecule has 164 valence electrons. The van der Waals surface area contributed by atoms with Gasteiger partial charge < -0.3 is 5.32 Å². The molecule has 4 rings (SSSR count). The molecule has 8 heteroatoms. The SMILES string of the molecule is C[C@H](Sc1nc2ccccc2c(=O)n1-c1cccc(Cl)c1)C(=O)NC1(C#N)CCCCC1. The number of thioether (sulfide) groups is 1. The van der Waals surface area contributed by atoms with Crippen LogP contribution in [0, 0.1) is 11.3 Å². The summed E-state index contributed by atoms with van der Waals surface area (Å²) < 4.78 is 1.49. The molecular formula is C24H23ClN4O2S. The smallest absolute Gasteiger partial charge is 0.266 e. The molecule has 1 N–H and O–H groups in total. The molecule has 1 aliphatic carbocycles. The maximum atomic E-state index is 13.3. The van der Waals surface area contributed by atoms with Gasteiger partial charge in [-0.2, -0.15) is 5.26 Å². The lowest BCUT2D eigenvalue weighted by atomic mass is 9.83. The first-order chi connectivity index (χ1) is 15.4. The summed E-state index contributed by atoms with van der Waals surface area (Å²) in [4.78, 5) is 31.0. The summed E-state index contributed by atoms with van der Waals surface area (Å²) in [6, 6.07) is 16.4. The zero-order valence-electron chi connectivity index (χ0n) is 17.7. The number of nitrogens with one attached hydrogen (secondary N) is 1. The van der Waals surface area contributed by atoms with Crippen molar-refractivity contribution < 1.29 is 4.79 Å². The first-order valence-corrected chi connectivity index (χ1v) is 11.9. The second-order valence-corrected chi connectivity index (χ2v) is 9.78. The zero-order chi connectivity index (χ0) is 22.7. The highest BCUT2D eigenvalue weighted by molar-refractivity contribution is 8.00. The van der Waals surface area contributed by atoms with Gasteiger partial charge in [-0.1, -0.05) is 60.8 Å². The number of carbonyl (C=O) groups excluding carboxylic acids is 1. The summed E-state index contributed by atoms with van der Waals surface area (Å²) in [7, 11) is 0. The van der Waals surface area contributed by atoms with Crippen LogP contribution >= 0.6 is 23.4 Å². The number of amides is 1. The number of halogens is 1. The third-order valence-electron chi connectivity index (χ3n) is 5.75. The van der Waals surface area contributed by atoms with E-state index < -0.39 is 10.8 Å². The summed E-state index contributed by atoms with van der Waals surface area (Å²) in [6.07, 6.45) is 4.25. The van der Waals surface area contributed by atoms with E-state index in [1.165, 1.54) is 16.3 Å². The second kappa shape index (κ2) is 9.35. The monoisotopic (exact) mass is 466 g/mol. The fraction of sp³-hybridized carbons (Fsp3) is 0.333. The van der Waals surface area contributed by atoms with Crippen molar-refractivity contribution in [1.29, 1.82) is 5.26 Å². The molecule has 1 saturated carbocycles. The Kier molecular flexibility index (Phi) is 6.54. The maximum absolute atomic E-state index is 13.3. The van der Waals surface area contributed by atoms with Gasteiger partial charge in [0.15, 0.2) is 5.16 Å². The number of fused-ring (bicyclic) bond motifs is 1.